The molecule has 0 aliphatic carbocycles. The number of amides is 1. The third-order valence-electron chi connectivity index (χ3n) is 5.56. The monoisotopic (exact) mass is 458 g/mol. The van der Waals surface area contributed by atoms with Crippen molar-refractivity contribution in [1.82, 2.24) is 19.9 Å². The van der Waals surface area contributed by atoms with Gasteiger partial charge in [-0.2, -0.15) is 5.10 Å². The third-order valence-corrected chi connectivity index (χ3v) is 5.87. The standard InChI is InChI=1S/C25H23ClN6O/c26-20(16-18-6-2-1-3-7-18)19-17-28-32-13-10-22(29-24(19)32)25(33)30-21-8-4-5-9-23(21)31-14-11-27-12-15-31/h1-10,13,16-17,27H,11-12,14-15H2,(H,30,33)/b20-16-. The van der Waals surface area contributed by atoms with E-state index in [2.05, 4.69) is 25.6 Å². The summed E-state index contributed by atoms with van der Waals surface area (Å²) >= 11 is 6.59. The largest absolute Gasteiger partial charge is 0.367 e. The van der Waals surface area contributed by atoms with Crippen LogP contribution in [0.5, 0.6) is 0 Å². The predicted octanol–water partition coefficient (Wildman–Crippen LogP) is 4.13. The van der Waals surface area contributed by atoms with E-state index < -0.39 is 0 Å². The van der Waals surface area contributed by atoms with Gasteiger partial charge in [-0.25, -0.2) is 9.50 Å². The van der Waals surface area contributed by atoms with Gasteiger partial charge in [0.2, 0.25) is 0 Å². The van der Waals surface area contributed by atoms with Crippen LogP contribution in [0.4, 0.5) is 11.4 Å². The maximum absolute atomic E-state index is 13.1. The molecule has 8 heteroatoms. The lowest BCUT2D eigenvalue weighted by Crippen LogP contribution is -2.43. The van der Waals surface area contributed by atoms with Gasteiger partial charge in [0.25, 0.3) is 5.91 Å². The molecule has 1 saturated heterocycles. The topological polar surface area (TPSA) is 74.6 Å². The number of carbonyl (C=O) groups excluding carboxylic acids is 1. The zero-order valence-corrected chi connectivity index (χ0v) is 18.7. The van der Waals surface area contributed by atoms with E-state index in [1.807, 2.05) is 60.7 Å². The lowest BCUT2D eigenvalue weighted by atomic mass is 10.2. The summed E-state index contributed by atoms with van der Waals surface area (Å²) in [7, 11) is 0. The van der Waals surface area contributed by atoms with Gasteiger partial charge in [0.1, 0.15) is 5.69 Å². The number of anilines is 2. The van der Waals surface area contributed by atoms with E-state index in [1.165, 1.54) is 0 Å². The first-order chi connectivity index (χ1) is 16.2. The van der Waals surface area contributed by atoms with Gasteiger partial charge in [-0.1, -0.05) is 54.1 Å². The number of piperazine rings is 1. The van der Waals surface area contributed by atoms with Gasteiger partial charge in [-0.05, 0) is 29.8 Å². The van der Waals surface area contributed by atoms with E-state index >= 15 is 0 Å². The van der Waals surface area contributed by atoms with Gasteiger partial charge < -0.3 is 15.5 Å². The quantitative estimate of drug-likeness (QED) is 0.470. The van der Waals surface area contributed by atoms with Gasteiger partial charge in [0.05, 0.1) is 28.2 Å². The Labute approximate surface area is 196 Å². The molecule has 5 rings (SSSR count). The zero-order chi connectivity index (χ0) is 22.6. The lowest BCUT2D eigenvalue weighted by molar-refractivity contribution is 0.102. The second kappa shape index (κ2) is 9.44. The van der Waals surface area contributed by atoms with Crippen molar-refractivity contribution >= 4 is 45.6 Å². The summed E-state index contributed by atoms with van der Waals surface area (Å²) in [5.74, 6) is -0.282. The van der Waals surface area contributed by atoms with Crippen LogP contribution in [0.15, 0.2) is 73.1 Å². The summed E-state index contributed by atoms with van der Waals surface area (Å²) in [5.41, 5.74) is 4.23. The van der Waals surface area contributed by atoms with Crippen LogP contribution in [0, 0.1) is 0 Å². The molecule has 4 aromatic rings. The molecule has 0 bridgehead atoms. The van der Waals surface area contributed by atoms with E-state index in [9.17, 15) is 4.79 Å². The number of hydrogen-bond donors (Lipinski definition) is 2. The van der Waals surface area contributed by atoms with Crippen molar-refractivity contribution in [2.24, 2.45) is 0 Å². The number of fused-ring (bicyclic) bond motifs is 1. The van der Waals surface area contributed by atoms with E-state index in [4.69, 9.17) is 11.6 Å². The fraction of sp³-hybridized carbons (Fsp3) is 0.160. The molecule has 0 saturated carbocycles. The molecule has 3 heterocycles. The number of hydrogen-bond acceptors (Lipinski definition) is 5. The Kier molecular flexibility index (Phi) is 6.06. The number of carbonyl (C=O) groups is 1. The molecule has 1 amide bonds. The van der Waals surface area contributed by atoms with Crippen LogP contribution in [0.25, 0.3) is 16.8 Å². The van der Waals surface area contributed by atoms with Crippen molar-refractivity contribution in [3.63, 3.8) is 0 Å². The molecule has 2 aromatic carbocycles. The highest BCUT2D eigenvalue weighted by Crippen LogP contribution is 2.27. The maximum Gasteiger partial charge on any atom is 0.274 e. The molecule has 0 spiro atoms. The molecule has 7 nitrogen and oxygen atoms in total. The van der Waals surface area contributed by atoms with Crippen molar-refractivity contribution in [3.05, 3.63) is 89.9 Å². The van der Waals surface area contributed by atoms with Crippen LogP contribution in [0.1, 0.15) is 21.6 Å². The summed E-state index contributed by atoms with van der Waals surface area (Å²) in [4.78, 5) is 20.0. The van der Waals surface area contributed by atoms with E-state index in [0.29, 0.717) is 21.9 Å². The molecule has 0 radical (unpaired) electrons. The number of nitrogens with zero attached hydrogens (tertiary/aromatic N) is 4. The Hall–Kier alpha value is -3.68. The second-order valence-electron chi connectivity index (χ2n) is 7.75. The molecular formula is C25H23ClN6O. The lowest BCUT2D eigenvalue weighted by Gasteiger charge is -2.31. The number of para-hydroxylation sites is 2. The van der Waals surface area contributed by atoms with E-state index in [0.717, 1.165) is 43.1 Å². The number of halogens is 1. The minimum Gasteiger partial charge on any atom is -0.367 e. The normalized spacial score (nSPS) is 14.5. The van der Waals surface area contributed by atoms with Gasteiger partial charge in [-0.3, -0.25) is 4.79 Å². The fourth-order valence-corrected chi connectivity index (χ4v) is 4.14. The predicted molar refractivity (Wildman–Crippen MR) is 133 cm³/mol. The number of benzene rings is 2. The fourth-order valence-electron chi connectivity index (χ4n) is 3.88. The van der Waals surface area contributed by atoms with Crippen molar-refractivity contribution in [2.75, 3.05) is 36.4 Å². The summed E-state index contributed by atoms with van der Waals surface area (Å²) < 4.78 is 1.61. The summed E-state index contributed by atoms with van der Waals surface area (Å²) in [6, 6.07) is 19.3. The van der Waals surface area contributed by atoms with Crippen LogP contribution >= 0.6 is 11.6 Å². The highest BCUT2D eigenvalue weighted by Gasteiger charge is 2.18. The Morgan fingerprint density at radius 1 is 1.03 bits per heavy atom. The zero-order valence-electron chi connectivity index (χ0n) is 17.9. The van der Waals surface area contributed by atoms with Crippen LogP contribution in [0.3, 0.4) is 0 Å². The van der Waals surface area contributed by atoms with Crippen LogP contribution < -0.4 is 15.5 Å². The van der Waals surface area contributed by atoms with Crippen molar-refractivity contribution in [1.29, 1.82) is 0 Å². The van der Waals surface area contributed by atoms with Gasteiger partial charge in [0, 0.05) is 32.4 Å². The molecule has 1 fully saturated rings. The minimum absolute atomic E-state index is 0.282. The molecular weight excluding hydrogens is 436 g/mol. The summed E-state index contributed by atoms with van der Waals surface area (Å²) in [5, 5.41) is 11.2. The molecule has 1 aliphatic rings. The average molecular weight is 459 g/mol. The Morgan fingerprint density at radius 3 is 2.61 bits per heavy atom. The molecule has 0 unspecified atom stereocenters. The number of rotatable bonds is 5. The first-order valence-corrected chi connectivity index (χ1v) is 11.2. The van der Waals surface area contributed by atoms with Crippen molar-refractivity contribution in [3.8, 4) is 0 Å². The van der Waals surface area contributed by atoms with Gasteiger partial charge in [-0.15, -0.1) is 0 Å². The Bertz CT molecular complexity index is 1310. The molecule has 33 heavy (non-hydrogen) atoms. The smallest absolute Gasteiger partial charge is 0.274 e. The molecule has 0 atom stereocenters. The maximum atomic E-state index is 13.1. The minimum atomic E-state index is -0.282. The summed E-state index contributed by atoms with van der Waals surface area (Å²) in [6.07, 6.45) is 5.23. The van der Waals surface area contributed by atoms with Gasteiger partial charge >= 0.3 is 0 Å². The van der Waals surface area contributed by atoms with E-state index in [-0.39, 0.29) is 5.91 Å². The molecule has 2 aromatic heterocycles. The van der Waals surface area contributed by atoms with E-state index in [1.54, 1.807) is 23.0 Å². The van der Waals surface area contributed by atoms with Crippen molar-refractivity contribution in [2.45, 2.75) is 0 Å². The highest BCUT2D eigenvalue weighted by molar-refractivity contribution is 6.51. The molecule has 1 aliphatic heterocycles. The number of aromatic nitrogens is 3. The summed E-state index contributed by atoms with van der Waals surface area (Å²) in [6.45, 7) is 3.62. The third kappa shape index (κ3) is 4.60. The Morgan fingerprint density at radius 2 is 1.79 bits per heavy atom. The van der Waals surface area contributed by atoms with Crippen LogP contribution in [-0.2, 0) is 0 Å². The number of nitrogens with one attached hydrogen (secondary N) is 2. The highest BCUT2D eigenvalue weighted by atomic mass is 35.5. The first-order valence-electron chi connectivity index (χ1n) is 10.8. The van der Waals surface area contributed by atoms with Gasteiger partial charge in [0.15, 0.2) is 5.65 Å². The average Bonchev–Trinajstić information content (AvgIpc) is 3.29. The Balaban J connectivity index is 1.42. The van der Waals surface area contributed by atoms with Crippen LogP contribution in [-0.4, -0.2) is 46.7 Å². The van der Waals surface area contributed by atoms with Crippen molar-refractivity contribution < 1.29 is 4.79 Å². The molecule has 2 N–H and O–H groups in total. The first kappa shape index (κ1) is 21.2. The molecule has 166 valence electrons. The second-order valence-corrected chi connectivity index (χ2v) is 8.16. The van der Waals surface area contributed by atoms with Crippen LogP contribution in [0.2, 0.25) is 0 Å². The SMILES string of the molecule is O=C(Nc1ccccc1N1CCNCC1)c1ccn2ncc(/C(Cl)=C/c3ccccc3)c2n1.